The lowest BCUT2D eigenvalue weighted by atomic mass is 9.97. The largest absolute Gasteiger partial charge is 0.573 e. The summed E-state index contributed by atoms with van der Waals surface area (Å²) in [6.45, 7) is 7.44. The minimum atomic E-state index is -4.84. The highest BCUT2D eigenvalue weighted by molar-refractivity contribution is 6.30. The predicted octanol–water partition coefficient (Wildman–Crippen LogP) is 7.24. The third-order valence-electron chi connectivity index (χ3n) is 7.98. The average Bonchev–Trinajstić information content (AvgIpc) is 3.62. The molecule has 1 amide bonds. The number of likely N-dealkylation sites (tertiary alicyclic amines) is 2. The van der Waals surface area contributed by atoms with Gasteiger partial charge in [0.2, 0.25) is 0 Å². The average molecular weight is 641 g/mol. The number of piperidine rings is 1. The number of rotatable bonds is 8. The number of hydrogen-bond acceptors (Lipinski definition) is 6. The zero-order valence-electron chi connectivity index (χ0n) is 25.0. The number of benzene rings is 2. The van der Waals surface area contributed by atoms with Gasteiger partial charge >= 0.3 is 12.3 Å². The van der Waals surface area contributed by atoms with Crippen molar-refractivity contribution >= 4 is 23.5 Å². The van der Waals surface area contributed by atoms with Gasteiger partial charge in [-0.05, 0) is 101 Å². The normalized spacial score (nSPS) is 20.1. The van der Waals surface area contributed by atoms with Crippen LogP contribution in [0.1, 0.15) is 86.7 Å². The van der Waals surface area contributed by atoms with Gasteiger partial charge in [-0.2, -0.15) is 0 Å². The molecule has 0 aromatic heterocycles. The molecule has 0 spiro atoms. The minimum absolute atomic E-state index is 0.0198. The standard InChI is InChI=1S/C32H37ClF4N2O5/c1-31(2,3)44-30(41)28-5-4-10-39(28)29(40)26-17-25(19-6-7-19)20(13-27(26)34)18-38-11-8-22(9-12-38)42-23-14-21(33)15-24(16-23)43-32(35,36)37/h13-17,19,22,28H,4-12,18H2,1-3H3/t28-/m0/s1. The summed E-state index contributed by atoms with van der Waals surface area (Å²) >= 11 is 5.97. The number of esters is 1. The Bertz CT molecular complexity index is 1380. The van der Waals surface area contributed by atoms with Crippen LogP contribution in [0.5, 0.6) is 11.5 Å². The number of hydrogen-bond donors (Lipinski definition) is 0. The Labute approximate surface area is 259 Å². The lowest BCUT2D eigenvalue weighted by Gasteiger charge is -2.33. The maximum absolute atomic E-state index is 15.6. The summed E-state index contributed by atoms with van der Waals surface area (Å²) in [5, 5.41) is 0.0702. The zero-order valence-corrected chi connectivity index (χ0v) is 25.8. The van der Waals surface area contributed by atoms with E-state index in [9.17, 15) is 22.8 Å². The van der Waals surface area contributed by atoms with Crippen molar-refractivity contribution in [3.05, 3.63) is 57.9 Å². The molecule has 12 heteroatoms. The molecule has 0 unspecified atom stereocenters. The van der Waals surface area contributed by atoms with Crippen molar-refractivity contribution in [2.75, 3.05) is 19.6 Å². The number of nitrogens with zero attached hydrogens (tertiary/aromatic N) is 2. The second kappa shape index (κ2) is 12.7. The molecule has 7 nitrogen and oxygen atoms in total. The first-order valence-corrected chi connectivity index (χ1v) is 15.3. The van der Waals surface area contributed by atoms with Crippen molar-refractivity contribution in [3.63, 3.8) is 0 Å². The number of alkyl halides is 3. The molecule has 5 rings (SSSR count). The molecule has 3 fully saturated rings. The van der Waals surface area contributed by atoms with E-state index in [2.05, 4.69) is 9.64 Å². The number of amides is 1. The van der Waals surface area contributed by atoms with Gasteiger partial charge < -0.3 is 19.1 Å². The van der Waals surface area contributed by atoms with Crippen LogP contribution in [0.15, 0.2) is 30.3 Å². The maximum Gasteiger partial charge on any atom is 0.573 e. The number of carbonyl (C=O) groups is 2. The van der Waals surface area contributed by atoms with E-state index in [0.29, 0.717) is 51.9 Å². The van der Waals surface area contributed by atoms with Crippen LogP contribution in [0.2, 0.25) is 5.02 Å². The summed E-state index contributed by atoms with van der Waals surface area (Å²) in [6.07, 6.45) is -0.797. The molecule has 0 radical (unpaired) electrons. The van der Waals surface area contributed by atoms with E-state index >= 15 is 4.39 Å². The molecule has 2 saturated heterocycles. The SMILES string of the molecule is CC(C)(C)OC(=O)[C@@H]1CCCN1C(=O)c1cc(C2CC2)c(CN2CCC(Oc3cc(Cl)cc(OC(F)(F)F)c3)CC2)cc1F. The van der Waals surface area contributed by atoms with Gasteiger partial charge in [-0.3, -0.25) is 9.69 Å². The Morgan fingerprint density at radius 3 is 2.25 bits per heavy atom. The van der Waals surface area contributed by atoms with Crippen LogP contribution in [0, 0.1) is 5.82 Å². The van der Waals surface area contributed by atoms with Gasteiger partial charge in [0.25, 0.3) is 5.91 Å². The Morgan fingerprint density at radius 2 is 1.61 bits per heavy atom. The first-order chi connectivity index (χ1) is 20.6. The van der Waals surface area contributed by atoms with E-state index in [0.717, 1.165) is 36.1 Å². The Hall–Kier alpha value is -3.05. The van der Waals surface area contributed by atoms with E-state index in [1.807, 2.05) is 0 Å². The van der Waals surface area contributed by atoms with E-state index in [4.69, 9.17) is 21.1 Å². The van der Waals surface area contributed by atoms with E-state index in [1.54, 1.807) is 26.8 Å². The van der Waals surface area contributed by atoms with Gasteiger partial charge in [0.1, 0.15) is 35.1 Å². The smallest absolute Gasteiger partial charge is 0.490 e. The molecule has 2 aliphatic heterocycles. The Balaban J connectivity index is 1.23. The third-order valence-corrected chi connectivity index (χ3v) is 8.20. The van der Waals surface area contributed by atoms with E-state index in [1.165, 1.54) is 17.0 Å². The molecule has 1 saturated carbocycles. The highest BCUT2D eigenvalue weighted by Crippen LogP contribution is 2.43. The molecule has 2 aromatic rings. The lowest BCUT2D eigenvalue weighted by molar-refractivity contribution is -0.274. The molecule has 0 N–H and O–H groups in total. The van der Waals surface area contributed by atoms with E-state index < -0.39 is 41.4 Å². The monoisotopic (exact) mass is 640 g/mol. The molecule has 1 atom stereocenters. The van der Waals surface area contributed by atoms with Gasteiger partial charge in [0, 0.05) is 37.3 Å². The van der Waals surface area contributed by atoms with Gasteiger partial charge in [0.05, 0.1) is 5.56 Å². The third kappa shape index (κ3) is 8.35. The summed E-state index contributed by atoms with van der Waals surface area (Å²) in [5.41, 5.74) is 1.08. The van der Waals surface area contributed by atoms with Crippen LogP contribution >= 0.6 is 11.6 Å². The molecular formula is C32H37ClF4N2O5. The van der Waals surface area contributed by atoms with Gasteiger partial charge in [-0.1, -0.05) is 11.6 Å². The molecule has 44 heavy (non-hydrogen) atoms. The quantitative estimate of drug-likeness (QED) is 0.224. The Morgan fingerprint density at radius 1 is 0.932 bits per heavy atom. The van der Waals surface area contributed by atoms with Crippen molar-refractivity contribution in [3.8, 4) is 11.5 Å². The molecule has 2 heterocycles. The van der Waals surface area contributed by atoms with Gasteiger partial charge in [-0.25, -0.2) is 9.18 Å². The van der Waals surface area contributed by atoms with Crippen LogP contribution in [-0.4, -0.2) is 65.4 Å². The van der Waals surface area contributed by atoms with Crippen LogP contribution < -0.4 is 9.47 Å². The predicted molar refractivity (Wildman–Crippen MR) is 155 cm³/mol. The van der Waals surface area contributed by atoms with Crippen molar-refractivity contribution in [1.29, 1.82) is 0 Å². The first-order valence-electron chi connectivity index (χ1n) is 15.0. The fourth-order valence-electron chi connectivity index (χ4n) is 5.90. The summed E-state index contributed by atoms with van der Waals surface area (Å²) in [6, 6.07) is 6.08. The molecule has 240 valence electrons. The number of halogens is 5. The van der Waals surface area contributed by atoms with Gasteiger partial charge in [-0.15, -0.1) is 13.2 Å². The van der Waals surface area contributed by atoms with Crippen molar-refractivity contribution in [2.45, 2.75) is 95.9 Å². The molecular weight excluding hydrogens is 604 g/mol. The summed E-state index contributed by atoms with van der Waals surface area (Å²) in [5.74, 6) is -1.57. The summed E-state index contributed by atoms with van der Waals surface area (Å²) < 4.78 is 68.9. The van der Waals surface area contributed by atoms with Crippen molar-refractivity contribution in [1.82, 2.24) is 9.80 Å². The molecule has 1 aliphatic carbocycles. The van der Waals surface area contributed by atoms with Crippen molar-refractivity contribution < 1.29 is 41.4 Å². The first kappa shape index (κ1) is 32.3. The highest BCUT2D eigenvalue weighted by Gasteiger charge is 2.39. The number of ether oxygens (including phenoxy) is 3. The van der Waals surface area contributed by atoms with Crippen molar-refractivity contribution in [2.24, 2.45) is 0 Å². The molecule has 0 bridgehead atoms. The lowest BCUT2D eigenvalue weighted by Crippen LogP contribution is -2.43. The second-order valence-electron chi connectivity index (χ2n) is 12.8. The van der Waals surface area contributed by atoms with Crippen LogP contribution in [0.3, 0.4) is 0 Å². The van der Waals surface area contributed by atoms with Gasteiger partial charge in [0.15, 0.2) is 0 Å². The van der Waals surface area contributed by atoms with Crippen LogP contribution in [0.25, 0.3) is 0 Å². The summed E-state index contributed by atoms with van der Waals surface area (Å²) in [7, 11) is 0. The van der Waals surface area contributed by atoms with E-state index in [-0.39, 0.29) is 28.4 Å². The fraction of sp³-hybridized carbons (Fsp3) is 0.562. The topological polar surface area (TPSA) is 68.3 Å². The van der Waals surface area contributed by atoms with Crippen LogP contribution in [-0.2, 0) is 16.1 Å². The zero-order chi connectivity index (χ0) is 31.8. The molecule has 2 aromatic carbocycles. The highest BCUT2D eigenvalue weighted by atomic mass is 35.5. The maximum atomic E-state index is 15.6. The summed E-state index contributed by atoms with van der Waals surface area (Å²) in [4.78, 5) is 29.9. The van der Waals surface area contributed by atoms with Crippen LogP contribution in [0.4, 0.5) is 17.6 Å². The number of carbonyl (C=O) groups excluding carboxylic acids is 2. The second-order valence-corrected chi connectivity index (χ2v) is 13.2. The minimum Gasteiger partial charge on any atom is -0.490 e. The fourth-order valence-corrected chi connectivity index (χ4v) is 6.12. The molecule has 3 aliphatic rings. The Kier molecular flexibility index (Phi) is 9.37.